The van der Waals surface area contributed by atoms with Crippen molar-refractivity contribution in [3.8, 4) is 0 Å². The second kappa shape index (κ2) is 5.86. The van der Waals surface area contributed by atoms with Crippen LogP contribution in [-0.2, 0) is 4.79 Å². The number of carboxylic acid groups (broad SMARTS) is 1. The van der Waals surface area contributed by atoms with Gasteiger partial charge in [-0.1, -0.05) is 0 Å². The minimum Gasteiger partial charge on any atom is -0.480 e. The van der Waals surface area contributed by atoms with E-state index in [0.29, 0.717) is 19.1 Å². The Morgan fingerprint density at radius 1 is 1.35 bits per heavy atom. The van der Waals surface area contributed by atoms with Gasteiger partial charge in [0.15, 0.2) is 0 Å². The van der Waals surface area contributed by atoms with Gasteiger partial charge in [0.05, 0.1) is 0 Å². The molecule has 1 fully saturated rings. The van der Waals surface area contributed by atoms with E-state index in [4.69, 9.17) is 5.11 Å². The molecule has 0 bridgehead atoms. The standard InChI is InChI=1S/C11H21N3O3/c1-8(10(15)16)12-11(17)14-6-4-9(5-7-14)13(2)3/h8-9H,4-7H2,1-3H3,(H,12,17)(H,15,16)/t8-/m1/s1. The summed E-state index contributed by atoms with van der Waals surface area (Å²) in [6.45, 7) is 2.83. The van der Waals surface area contributed by atoms with Crippen molar-refractivity contribution in [1.29, 1.82) is 0 Å². The Hall–Kier alpha value is -1.30. The molecule has 0 unspecified atom stereocenters. The maximum Gasteiger partial charge on any atom is 0.325 e. The summed E-state index contributed by atoms with van der Waals surface area (Å²) in [6.07, 6.45) is 1.86. The molecule has 1 rings (SSSR count). The van der Waals surface area contributed by atoms with Crippen LogP contribution in [0.4, 0.5) is 4.79 Å². The molecule has 17 heavy (non-hydrogen) atoms. The molecule has 0 aromatic rings. The van der Waals surface area contributed by atoms with E-state index >= 15 is 0 Å². The normalized spacial score (nSPS) is 19.2. The summed E-state index contributed by atoms with van der Waals surface area (Å²) in [5.41, 5.74) is 0. The summed E-state index contributed by atoms with van der Waals surface area (Å²) >= 11 is 0. The van der Waals surface area contributed by atoms with Gasteiger partial charge in [-0.2, -0.15) is 0 Å². The van der Waals surface area contributed by atoms with Gasteiger partial charge in [-0.25, -0.2) is 4.79 Å². The highest BCUT2D eigenvalue weighted by molar-refractivity contribution is 5.82. The van der Waals surface area contributed by atoms with Crippen LogP contribution in [0.3, 0.4) is 0 Å². The lowest BCUT2D eigenvalue weighted by molar-refractivity contribution is -0.138. The first-order chi connectivity index (χ1) is 7.91. The highest BCUT2D eigenvalue weighted by atomic mass is 16.4. The monoisotopic (exact) mass is 243 g/mol. The van der Waals surface area contributed by atoms with Crippen LogP contribution in [0.15, 0.2) is 0 Å². The largest absolute Gasteiger partial charge is 0.480 e. The van der Waals surface area contributed by atoms with Gasteiger partial charge in [0, 0.05) is 19.1 Å². The molecule has 0 aromatic heterocycles. The number of nitrogens with one attached hydrogen (secondary N) is 1. The van der Waals surface area contributed by atoms with E-state index in [0.717, 1.165) is 12.8 Å². The molecule has 1 heterocycles. The molecular weight excluding hydrogens is 222 g/mol. The molecule has 1 aliphatic rings. The summed E-state index contributed by atoms with van der Waals surface area (Å²) in [4.78, 5) is 26.2. The third-order valence-electron chi connectivity index (χ3n) is 3.19. The van der Waals surface area contributed by atoms with Crippen molar-refractivity contribution in [3.63, 3.8) is 0 Å². The Bertz CT molecular complexity index is 286. The van der Waals surface area contributed by atoms with Crippen molar-refractivity contribution < 1.29 is 14.7 Å². The predicted molar refractivity (Wildman–Crippen MR) is 63.9 cm³/mol. The molecule has 2 N–H and O–H groups in total. The number of carbonyl (C=O) groups is 2. The van der Waals surface area contributed by atoms with Gasteiger partial charge < -0.3 is 20.2 Å². The van der Waals surface area contributed by atoms with Crippen molar-refractivity contribution in [2.24, 2.45) is 0 Å². The van der Waals surface area contributed by atoms with Crippen LogP contribution in [0.25, 0.3) is 0 Å². The first kappa shape index (κ1) is 13.8. The van der Waals surface area contributed by atoms with Gasteiger partial charge in [0.2, 0.25) is 0 Å². The number of hydrogen-bond acceptors (Lipinski definition) is 3. The van der Waals surface area contributed by atoms with Gasteiger partial charge in [0.25, 0.3) is 0 Å². The second-order valence-electron chi connectivity index (χ2n) is 4.69. The maximum atomic E-state index is 11.7. The molecule has 1 aliphatic heterocycles. The second-order valence-corrected chi connectivity index (χ2v) is 4.69. The summed E-state index contributed by atoms with van der Waals surface area (Å²) in [5.74, 6) is -1.01. The average Bonchev–Trinajstić information content (AvgIpc) is 2.28. The van der Waals surface area contributed by atoms with Crippen LogP contribution < -0.4 is 5.32 Å². The van der Waals surface area contributed by atoms with E-state index in [1.54, 1.807) is 4.90 Å². The summed E-state index contributed by atoms with van der Waals surface area (Å²) in [5, 5.41) is 11.2. The van der Waals surface area contributed by atoms with E-state index in [1.807, 2.05) is 14.1 Å². The molecule has 0 aliphatic carbocycles. The van der Waals surface area contributed by atoms with Crippen molar-refractivity contribution >= 4 is 12.0 Å². The van der Waals surface area contributed by atoms with E-state index in [9.17, 15) is 9.59 Å². The van der Waals surface area contributed by atoms with Crippen LogP contribution in [0.1, 0.15) is 19.8 Å². The Morgan fingerprint density at radius 3 is 2.29 bits per heavy atom. The molecule has 0 radical (unpaired) electrons. The van der Waals surface area contributed by atoms with Crippen LogP contribution in [-0.4, -0.2) is 66.2 Å². The molecule has 1 atom stereocenters. The third-order valence-corrected chi connectivity index (χ3v) is 3.19. The number of urea groups is 1. The lowest BCUT2D eigenvalue weighted by Gasteiger charge is -2.35. The summed E-state index contributed by atoms with van der Waals surface area (Å²) in [6, 6.07) is -0.609. The van der Waals surface area contributed by atoms with Gasteiger partial charge >= 0.3 is 12.0 Å². The Balaban J connectivity index is 2.38. The van der Waals surface area contributed by atoms with Gasteiger partial charge in [-0.3, -0.25) is 4.79 Å². The van der Waals surface area contributed by atoms with Gasteiger partial charge in [-0.05, 0) is 33.9 Å². The minimum atomic E-state index is -1.01. The van der Waals surface area contributed by atoms with Crippen LogP contribution >= 0.6 is 0 Å². The van der Waals surface area contributed by atoms with Gasteiger partial charge in [-0.15, -0.1) is 0 Å². The molecule has 98 valence electrons. The number of aliphatic carboxylic acids is 1. The van der Waals surface area contributed by atoms with Crippen LogP contribution in [0.5, 0.6) is 0 Å². The Morgan fingerprint density at radius 2 is 1.88 bits per heavy atom. The fourth-order valence-electron chi connectivity index (χ4n) is 1.92. The third kappa shape index (κ3) is 3.89. The predicted octanol–water partition coefficient (Wildman–Crippen LogP) is 0.195. The number of carboxylic acids is 1. The first-order valence-corrected chi connectivity index (χ1v) is 5.86. The lowest BCUT2D eigenvalue weighted by atomic mass is 10.0. The molecule has 0 saturated carbocycles. The van der Waals surface area contributed by atoms with Crippen molar-refractivity contribution in [2.45, 2.75) is 31.8 Å². The molecule has 0 spiro atoms. The molecule has 6 nitrogen and oxygen atoms in total. The SMILES string of the molecule is C[C@@H](NC(=O)N1CCC(N(C)C)CC1)C(=O)O. The minimum absolute atomic E-state index is 0.280. The molecule has 2 amide bonds. The smallest absolute Gasteiger partial charge is 0.325 e. The number of amides is 2. The van der Waals surface area contributed by atoms with E-state index in [1.165, 1.54) is 6.92 Å². The zero-order chi connectivity index (χ0) is 13.0. The molecular formula is C11H21N3O3. The number of likely N-dealkylation sites (tertiary alicyclic amines) is 1. The summed E-state index contributed by atoms with van der Waals surface area (Å²) < 4.78 is 0. The fraction of sp³-hybridized carbons (Fsp3) is 0.818. The van der Waals surface area contributed by atoms with Gasteiger partial charge in [0.1, 0.15) is 6.04 Å². The lowest BCUT2D eigenvalue weighted by Crippen LogP contribution is -2.51. The van der Waals surface area contributed by atoms with Crippen LogP contribution in [0.2, 0.25) is 0 Å². The van der Waals surface area contributed by atoms with Crippen molar-refractivity contribution in [3.05, 3.63) is 0 Å². The molecule has 6 heteroatoms. The zero-order valence-electron chi connectivity index (χ0n) is 10.6. The van der Waals surface area contributed by atoms with Crippen molar-refractivity contribution in [2.75, 3.05) is 27.2 Å². The topological polar surface area (TPSA) is 72.9 Å². The average molecular weight is 243 g/mol. The van der Waals surface area contributed by atoms with E-state index < -0.39 is 12.0 Å². The first-order valence-electron chi connectivity index (χ1n) is 5.86. The quantitative estimate of drug-likeness (QED) is 0.742. The maximum absolute atomic E-state index is 11.7. The molecule has 0 aromatic carbocycles. The number of nitrogens with zero attached hydrogens (tertiary/aromatic N) is 2. The highest BCUT2D eigenvalue weighted by Crippen LogP contribution is 2.14. The number of carbonyl (C=O) groups excluding carboxylic acids is 1. The fourth-order valence-corrected chi connectivity index (χ4v) is 1.92. The number of piperidine rings is 1. The van der Waals surface area contributed by atoms with E-state index in [-0.39, 0.29) is 6.03 Å². The Labute approximate surface area is 102 Å². The Kier molecular flexibility index (Phi) is 4.74. The van der Waals surface area contributed by atoms with Crippen molar-refractivity contribution in [1.82, 2.24) is 15.1 Å². The highest BCUT2D eigenvalue weighted by Gasteiger charge is 2.25. The molecule has 1 saturated heterocycles. The number of hydrogen-bond donors (Lipinski definition) is 2. The number of rotatable bonds is 3. The summed E-state index contributed by atoms with van der Waals surface area (Å²) in [7, 11) is 4.07. The zero-order valence-corrected chi connectivity index (χ0v) is 10.6. The van der Waals surface area contributed by atoms with E-state index in [2.05, 4.69) is 10.2 Å². The van der Waals surface area contributed by atoms with Crippen LogP contribution in [0, 0.1) is 0 Å².